The highest BCUT2D eigenvalue weighted by Gasteiger charge is 2.21. The molecule has 0 unspecified atom stereocenters. The molecule has 1 heterocycles. The van der Waals surface area contributed by atoms with E-state index in [1.807, 2.05) is 44.2 Å². The fraction of sp³-hybridized carbons (Fsp3) is 0.190. The van der Waals surface area contributed by atoms with Gasteiger partial charge in [0, 0.05) is 12.7 Å². The third-order valence-corrected chi connectivity index (χ3v) is 5.11. The molecule has 0 saturated heterocycles. The number of nitrogens with one attached hydrogen (secondary N) is 1. The number of aromatic nitrogens is 2. The van der Waals surface area contributed by atoms with Crippen LogP contribution in [-0.4, -0.2) is 22.4 Å². The smallest absolute Gasteiger partial charge is 0.260 e. The quantitative estimate of drug-likeness (QED) is 0.568. The molecule has 1 aromatic heterocycles. The largest absolute Gasteiger partial charge is 0.348 e. The van der Waals surface area contributed by atoms with E-state index in [0.29, 0.717) is 18.3 Å². The second-order valence-electron chi connectivity index (χ2n) is 6.17. The summed E-state index contributed by atoms with van der Waals surface area (Å²) in [4.78, 5) is 23.2. The third-order valence-electron chi connectivity index (χ3n) is 4.31. The van der Waals surface area contributed by atoms with Crippen molar-refractivity contribution in [3.63, 3.8) is 0 Å². The van der Waals surface area contributed by atoms with E-state index in [1.54, 1.807) is 18.3 Å². The van der Waals surface area contributed by atoms with Crippen molar-refractivity contribution in [1.82, 2.24) is 9.97 Å². The first-order valence-electron chi connectivity index (χ1n) is 8.91. The summed E-state index contributed by atoms with van der Waals surface area (Å²) in [6.07, 6.45) is 1.60. The molecule has 0 aliphatic rings. The second-order valence-corrected chi connectivity index (χ2v) is 6.96. The highest BCUT2D eigenvalue weighted by atomic mass is 79.9. The number of rotatable bonds is 6. The van der Waals surface area contributed by atoms with Crippen LogP contribution in [0, 0.1) is 5.82 Å². The molecule has 7 heteroatoms. The predicted octanol–water partition coefficient (Wildman–Crippen LogP) is 5.22. The van der Waals surface area contributed by atoms with Crippen molar-refractivity contribution in [1.29, 1.82) is 0 Å². The van der Waals surface area contributed by atoms with E-state index in [0.717, 1.165) is 5.56 Å². The van der Waals surface area contributed by atoms with Gasteiger partial charge in [-0.1, -0.05) is 36.4 Å². The summed E-state index contributed by atoms with van der Waals surface area (Å²) < 4.78 is 14.0. The lowest BCUT2D eigenvalue weighted by Crippen LogP contribution is -2.32. The van der Waals surface area contributed by atoms with Crippen molar-refractivity contribution in [2.24, 2.45) is 0 Å². The molecule has 0 aliphatic carbocycles. The molecule has 3 aromatic rings. The van der Waals surface area contributed by atoms with Crippen LogP contribution >= 0.6 is 15.9 Å². The Labute approximate surface area is 171 Å². The highest BCUT2D eigenvalue weighted by molar-refractivity contribution is 9.10. The van der Waals surface area contributed by atoms with Crippen molar-refractivity contribution >= 4 is 33.6 Å². The van der Waals surface area contributed by atoms with Gasteiger partial charge in [0.05, 0.1) is 16.1 Å². The molecule has 0 aliphatic heterocycles. The van der Waals surface area contributed by atoms with Crippen molar-refractivity contribution in [2.75, 3.05) is 16.8 Å². The summed E-state index contributed by atoms with van der Waals surface area (Å²) in [5.41, 5.74) is 1.34. The lowest BCUT2D eigenvalue weighted by molar-refractivity contribution is 0.0986. The number of halogens is 2. The minimum Gasteiger partial charge on any atom is -0.348 e. The van der Waals surface area contributed by atoms with Gasteiger partial charge in [0.25, 0.3) is 5.91 Å². The van der Waals surface area contributed by atoms with E-state index in [4.69, 9.17) is 0 Å². The first-order chi connectivity index (χ1) is 13.5. The Kier molecular flexibility index (Phi) is 6.36. The molecule has 0 spiro atoms. The van der Waals surface area contributed by atoms with Crippen LogP contribution in [0.2, 0.25) is 0 Å². The number of carbonyl (C=O) groups is 1. The van der Waals surface area contributed by atoms with Gasteiger partial charge in [-0.2, -0.15) is 4.98 Å². The zero-order valence-electron chi connectivity index (χ0n) is 15.6. The Balaban J connectivity index is 1.85. The SMILES string of the molecule is CCN(C(=O)c1cccc(F)c1Br)c1ccnc(N[C@@H](C)c2ccccc2)n1. The number of carbonyl (C=O) groups excluding carboxylic acids is 1. The van der Waals surface area contributed by atoms with Gasteiger partial charge >= 0.3 is 0 Å². The maximum atomic E-state index is 13.8. The van der Waals surface area contributed by atoms with E-state index in [2.05, 4.69) is 31.2 Å². The molecule has 28 heavy (non-hydrogen) atoms. The van der Waals surface area contributed by atoms with Crippen molar-refractivity contribution in [2.45, 2.75) is 19.9 Å². The molecule has 0 saturated carbocycles. The first-order valence-corrected chi connectivity index (χ1v) is 9.71. The number of anilines is 2. The number of hydrogen-bond donors (Lipinski definition) is 1. The summed E-state index contributed by atoms with van der Waals surface area (Å²) in [7, 11) is 0. The third kappa shape index (κ3) is 4.36. The molecule has 0 radical (unpaired) electrons. The van der Waals surface area contributed by atoms with E-state index < -0.39 is 5.82 Å². The van der Waals surface area contributed by atoms with Gasteiger partial charge in [-0.15, -0.1) is 0 Å². The number of benzene rings is 2. The number of nitrogens with zero attached hydrogens (tertiary/aromatic N) is 3. The minimum absolute atomic E-state index is 0.000378. The van der Waals surface area contributed by atoms with Crippen LogP contribution in [0.25, 0.3) is 0 Å². The molecule has 3 rings (SSSR count). The van der Waals surface area contributed by atoms with E-state index in [1.165, 1.54) is 17.0 Å². The van der Waals surface area contributed by atoms with E-state index in [-0.39, 0.29) is 22.0 Å². The average molecular weight is 443 g/mol. The molecule has 0 bridgehead atoms. The zero-order valence-corrected chi connectivity index (χ0v) is 17.1. The second kappa shape index (κ2) is 8.93. The van der Waals surface area contributed by atoms with Crippen LogP contribution in [-0.2, 0) is 0 Å². The summed E-state index contributed by atoms with van der Waals surface area (Å²) >= 11 is 3.16. The van der Waals surface area contributed by atoms with Gasteiger partial charge in [0.1, 0.15) is 11.6 Å². The number of amides is 1. The molecule has 1 amide bonds. The van der Waals surface area contributed by atoms with Gasteiger partial charge < -0.3 is 5.32 Å². The van der Waals surface area contributed by atoms with Crippen LogP contribution in [0.5, 0.6) is 0 Å². The minimum atomic E-state index is -0.483. The van der Waals surface area contributed by atoms with Gasteiger partial charge in [-0.3, -0.25) is 9.69 Å². The van der Waals surface area contributed by atoms with Crippen molar-refractivity contribution in [3.05, 3.63) is 82.2 Å². The molecular weight excluding hydrogens is 423 g/mol. The number of hydrogen-bond acceptors (Lipinski definition) is 4. The summed E-state index contributed by atoms with van der Waals surface area (Å²) in [6.45, 7) is 4.23. The Morgan fingerprint density at radius 1 is 1.18 bits per heavy atom. The fourth-order valence-electron chi connectivity index (χ4n) is 2.81. The lowest BCUT2D eigenvalue weighted by atomic mass is 10.1. The Hall–Kier alpha value is -2.80. The monoisotopic (exact) mass is 442 g/mol. The van der Waals surface area contributed by atoms with Crippen molar-refractivity contribution < 1.29 is 9.18 Å². The first kappa shape index (κ1) is 19.9. The van der Waals surface area contributed by atoms with Crippen LogP contribution in [0.4, 0.5) is 16.2 Å². The molecule has 1 atom stereocenters. The van der Waals surface area contributed by atoms with Gasteiger partial charge in [0.2, 0.25) is 5.95 Å². The van der Waals surface area contributed by atoms with E-state index >= 15 is 0 Å². The van der Waals surface area contributed by atoms with Crippen LogP contribution in [0.3, 0.4) is 0 Å². The van der Waals surface area contributed by atoms with Gasteiger partial charge in [0.15, 0.2) is 0 Å². The fourth-order valence-corrected chi connectivity index (χ4v) is 3.25. The predicted molar refractivity (Wildman–Crippen MR) is 112 cm³/mol. The normalized spacial score (nSPS) is 11.7. The highest BCUT2D eigenvalue weighted by Crippen LogP contribution is 2.24. The van der Waals surface area contributed by atoms with Gasteiger partial charge in [-0.25, -0.2) is 9.37 Å². The van der Waals surface area contributed by atoms with Gasteiger partial charge in [-0.05, 0) is 53.5 Å². The molecule has 144 valence electrons. The molecule has 5 nitrogen and oxygen atoms in total. The average Bonchev–Trinajstić information content (AvgIpc) is 2.71. The van der Waals surface area contributed by atoms with Crippen LogP contribution < -0.4 is 10.2 Å². The Morgan fingerprint density at radius 3 is 2.64 bits per heavy atom. The lowest BCUT2D eigenvalue weighted by Gasteiger charge is -2.22. The standard InChI is InChI=1S/C21H20BrFN4O/c1-3-27(20(28)16-10-7-11-17(23)19(16)22)18-12-13-24-21(26-18)25-14(2)15-8-5-4-6-9-15/h4-14H,3H2,1-2H3,(H,24,25,26)/t14-/m0/s1. The summed E-state index contributed by atoms with van der Waals surface area (Å²) in [5.74, 6) is 0.0399. The molecule has 0 fully saturated rings. The maximum Gasteiger partial charge on any atom is 0.260 e. The van der Waals surface area contributed by atoms with E-state index in [9.17, 15) is 9.18 Å². The summed E-state index contributed by atoms with van der Waals surface area (Å²) in [5, 5.41) is 3.25. The molecule has 1 N–H and O–H groups in total. The zero-order chi connectivity index (χ0) is 20.1. The molecule has 2 aromatic carbocycles. The van der Waals surface area contributed by atoms with Crippen molar-refractivity contribution in [3.8, 4) is 0 Å². The maximum absolute atomic E-state index is 13.8. The topological polar surface area (TPSA) is 58.1 Å². The summed E-state index contributed by atoms with van der Waals surface area (Å²) in [6, 6.07) is 16.0. The Morgan fingerprint density at radius 2 is 1.93 bits per heavy atom. The van der Waals surface area contributed by atoms with Crippen LogP contribution in [0.15, 0.2) is 65.3 Å². The Bertz CT molecular complexity index is 968. The van der Waals surface area contributed by atoms with Crippen LogP contribution in [0.1, 0.15) is 35.8 Å². The molecular formula is C21H20BrFN4O.